The van der Waals surface area contributed by atoms with Crippen LogP contribution in [0, 0.1) is 0 Å². The molecule has 0 bridgehead atoms. The maximum atomic E-state index is 12.3. The third kappa shape index (κ3) is 3.77. The fraction of sp³-hybridized carbons (Fsp3) is 0.500. The van der Waals surface area contributed by atoms with E-state index in [1.807, 2.05) is 30.3 Å². The molecule has 2 N–H and O–H groups in total. The molecule has 0 spiro atoms. The first-order chi connectivity index (χ1) is 11.6. The molecule has 128 valence electrons. The van der Waals surface area contributed by atoms with Crippen LogP contribution in [0.4, 0.5) is 0 Å². The highest BCUT2D eigenvalue weighted by atomic mass is 16.3. The lowest BCUT2D eigenvalue weighted by atomic mass is 9.93. The van der Waals surface area contributed by atoms with Crippen molar-refractivity contribution in [2.75, 3.05) is 19.7 Å². The summed E-state index contributed by atoms with van der Waals surface area (Å²) in [6.45, 7) is 0.762. The Morgan fingerprint density at radius 1 is 1.29 bits per heavy atom. The molecule has 1 unspecified atom stereocenters. The Morgan fingerprint density at radius 2 is 2.08 bits per heavy atom. The number of hydrogen-bond acceptors (Lipinski definition) is 6. The summed E-state index contributed by atoms with van der Waals surface area (Å²) < 4.78 is 0. The summed E-state index contributed by atoms with van der Waals surface area (Å²) in [5, 5.41) is 31.6. The summed E-state index contributed by atoms with van der Waals surface area (Å²) in [5.74, 6) is 0.441. The van der Waals surface area contributed by atoms with E-state index in [-0.39, 0.29) is 25.5 Å². The average Bonchev–Trinajstić information content (AvgIpc) is 3.09. The minimum absolute atomic E-state index is 0.0832. The molecular weight excluding hydrogens is 310 g/mol. The standard InChI is InChI=1S/C16H21N5O3/c22-12-16(24)8-4-9-20(11-16)14(23)7-10-21-18-15(17-19-21)13-5-2-1-3-6-13/h1-3,5-6,22,24H,4,7-12H2. The van der Waals surface area contributed by atoms with Crippen molar-refractivity contribution in [1.82, 2.24) is 25.1 Å². The molecule has 0 saturated carbocycles. The fourth-order valence-corrected chi connectivity index (χ4v) is 2.85. The molecule has 1 atom stereocenters. The number of carbonyl (C=O) groups excluding carboxylic acids is 1. The Bertz CT molecular complexity index is 690. The number of hydrogen-bond donors (Lipinski definition) is 2. The van der Waals surface area contributed by atoms with Gasteiger partial charge >= 0.3 is 0 Å². The molecule has 8 nitrogen and oxygen atoms in total. The van der Waals surface area contributed by atoms with Gasteiger partial charge in [-0.1, -0.05) is 30.3 Å². The molecule has 24 heavy (non-hydrogen) atoms. The number of aliphatic hydroxyl groups excluding tert-OH is 1. The number of aliphatic hydroxyl groups is 2. The second kappa shape index (κ2) is 7.06. The lowest BCUT2D eigenvalue weighted by Crippen LogP contribution is -2.52. The van der Waals surface area contributed by atoms with E-state index in [0.29, 0.717) is 31.8 Å². The number of benzene rings is 1. The predicted molar refractivity (Wildman–Crippen MR) is 85.7 cm³/mol. The number of tetrazole rings is 1. The number of β-amino-alcohol motifs (C(OH)–C–C–N with tert-alkyl or cyclic N) is 1. The summed E-state index contributed by atoms with van der Waals surface area (Å²) >= 11 is 0. The highest BCUT2D eigenvalue weighted by Crippen LogP contribution is 2.21. The first-order valence-electron chi connectivity index (χ1n) is 8.04. The zero-order chi connectivity index (χ0) is 17.0. The quantitative estimate of drug-likeness (QED) is 0.804. The molecule has 0 radical (unpaired) electrons. The highest BCUT2D eigenvalue weighted by Gasteiger charge is 2.34. The van der Waals surface area contributed by atoms with Crippen LogP contribution in [0.2, 0.25) is 0 Å². The van der Waals surface area contributed by atoms with Gasteiger partial charge in [0.1, 0.15) is 5.60 Å². The summed E-state index contributed by atoms with van der Waals surface area (Å²) in [7, 11) is 0. The summed E-state index contributed by atoms with van der Waals surface area (Å²) in [6.07, 6.45) is 1.42. The Hall–Kier alpha value is -2.32. The van der Waals surface area contributed by atoms with Gasteiger partial charge in [-0.2, -0.15) is 4.80 Å². The number of rotatable bonds is 5. The minimum atomic E-state index is -1.18. The molecule has 1 saturated heterocycles. The van der Waals surface area contributed by atoms with Crippen molar-refractivity contribution in [1.29, 1.82) is 0 Å². The first kappa shape index (κ1) is 16.5. The van der Waals surface area contributed by atoms with Gasteiger partial charge < -0.3 is 15.1 Å². The number of nitrogens with zero attached hydrogens (tertiary/aromatic N) is 5. The molecule has 1 aromatic heterocycles. The number of aryl methyl sites for hydroxylation is 1. The van der Waals surface area contributed by atoms with E-state index in [9.17, 15) is 15.0 Å². The Labute approximate surface area is 139 Å². The number of aromatic nitrogens is 4. The van der Waals surface area contributed by atoms with Crippen LogP contribution in [0.1, 0.15) is 19.3 Å². The maximum absolute atomic E-state index is 12.3. The third-order valence-corrected chi connectivity index (χ3v) is 4.21. The molecular formula is C16H21N5O3. The first-order valence-corrected chi connectivity index (χ1v) is 8.04. The molecule has 0 aliphatic carbocycles. The zero-order valence-electron chi connectivity index (χ0n) is 13.4. The van der Waals surface area contributed by atoms with Crippen LogP contribution >= 0.6 is 0 Å². The van der Waals surface area contributed by atoms with E-state index >= 15 is 0 Å². The van der Waals surface area contributed by atoms with Crippen LogP contribution in [0.5, 0.6) is 0 Å². The van der Waals surface area contributed by atoms with E-state index in [0.717, 1.165) is 5.56 Å². The largest absolute Gasteiger partial charge is 0.393 e. The summed E-state index contributed by atoms with van der Waals surface area (Å²) in [5.41, 5.74) is -0.306. The number of carbonyl (C=O) groups is 1. The zero-order valence-corrected chi connectivity index (χ0v) is 13.4. The highest BCUT2D eigenvalue weighted by molar-refractivity contribution is 5.76. The molecule has 1 aliphatic rings. The van der Waals surface area contributed by atoms with Crippen molar-refractivity contribution in [2.45, 2.75) is 31.4 Å². The molecule has 1 fully saturated rings. The summed E-state index contributed by atoms with van der Waals surface area (Å²) in [4.78, 5) is 15.3. The van der Waals surface area contributed by atoms with E-state index < -0.39 is 5.60 Å². The van der Waals surface area contributed by atoms with Gasteiger partial charge in [-0.15, -0.1) is 10.2 Å². The lowest BCUT2D eigenvalue weighted by molar-refractivity contribution is -0.141. The van der Waals surface area contributed by atoms with E-state index in [4.69, 9.17) is 0 Å². The van der Waals surface area contributed by atoms with Crippen LogP contribution in [-0.4, -0.2) is 66.5 Å². The smallest absolute Gasteiger partial charge is 0.224 e. The second-order valence-electron chi connectivity index (χ2n) is 6.13. The minimum Gasteiger partial charge on any atom is -0.393 e. The predicted octanol–water partition coefficient (Wildman–Crippen LogP) is 0.0760. The van der Waals surface area contributed by atoms with Crippen molar-refractivity contribution in [3.05, 3.63) is 30.3 Å². The third-order valence-electron chi connectivity index (χ3n) is 4.21. The van der Waals surface area contributed by atoms with Gasteiger partial charge in [-0.25, -0.2) is 0 Å². The second-order valence-corrected chi connectivity index (χ2v) is 6.13. The number of amides is 1. The molecule has 1 amide bonds. The molecule has 2 aromatic rings. The average molecular weight is 331 g/mol. The van der Waals surface area contributed by atoms with Crippen LogP contribution < -0.4 is 0 Å². The van der Waals surface area contributed by atoms with Crippen molar-refractivity contribution in [3.8, 4) is 11.4 Å². The van der Waals surface area contributed by atoms with E-state index in [1.54, 1.807) is 4.90 Å². The number of piperidine rings is 1. The van der Waals surface area contributed by atoms with Gasteiger partial charge in [-0.3, -0.25) is 4.79 Å². The molecule has 1 aliphatic heterocycles. The monoisotopic (exact) mass is 331 g/mol. The van der Waals surface area contributed by atoms with Crippen LogP contribution in [0.25, 0.3) is 11.4 Å². The summed E-state index contributed by atoms with van der Waals surface area (Å²) in [6, 6.07) is 9.52. The van der Waals surface area contributed by atoms with Gasteiger partial charge in [0, 0.05) is 18.5 Å². The normalized spacial score (nSPS) is 21.0. The van der Waals surface area contributed by atoms with Crippen LogP contribution in [0.3, 0.4) is 0 Å². The fourth-order valence-electron chi connectivity index (χ4n) is 2.85. The van der Waals surface area contributed by atoms with Crippen LogP contribution in [-0.2, 0) is 11.3 Å². The van der Waals surface area contributed by atoms with E-state index in [1.165, 1.54) is 4.80 Å². The van der Waals surface area contributed by atoms with Crippen molar-refractivity contribution in [2.24, 2.45) is 0 Å². The van der Waals surface area contributed by atoms with Gasteiger partial charge in [0.15, 0.2) is 0 Å². The van der Waals surface area contributed by atoms with Crippen LogP contribution in [0.15, 0.2) is 30.3 Å². The Morgan fingerprint density at radius 3 is 2.83 bits per heavy atom. The molecule has 2 heterocycles. The SMILES string of the molecule is O=C(CCn1nnc(-c2ccccc2)n1)N1CCCC(O)(CO)C1. The van der Waals surface area contributed by atoms with Crippen molar-refractivity contribution < 1.29 is 15.0 Å². The lowest BCUT2D eigenvalue weighted by Gasteiger charge is -2.38. The van der Waals surface area contributed by atoms with Crippen molar-refractivity contribution in [3.63, 3.8) is 0 Å². The topological polar surface area (TPSA) is 104 Å². The molecule has 1 aromatic carbocycles. The van der Waals surface area contributed by atoms with Gasteiger partial charge in [0.25, 0.3) is 0 Å². The van der Waals surface area contributed by atoms with Crippen molar-refractivity contribution >= 4 is 5.91 Å². The Kier molecular flexibility index (Phi) is 4.86. The van der Waals surface area contributed by atoms with E-state index in [2.05, 4.69) is 15.4 Å². The number of likely N-dealkylation sites (tertiary alicyclic amines) is 1. The molecule has 8 heteroatoms. The van der Waals surface area contributed by atoms with Gasteiger partial charge in [0.2, 0.25) is 11.7 Å². The maximum Gasteiger partial charge on any atom is 0.224 e. The van der Waals surface area contributed by atoms with Gasteiger partial charge in [0.05, 0.1) is 19.7 Å². The van der Waals surface area contributed by atoms with Gasteiger partial charge in [-0.05, 0) is 18.1 Å². The molecule has 3 rings (SSSR count). The Balaban J connectivity index is 1.56.